The van der Waals surface area contributed by atoms with Gasteiger partial charge >= 0.3 is 0 Å². The zero-order chi connectivity index (χ0) is 10.8. The number of carbonyl (C=O) groups is 2. The largest absolute Gasteiger partial charge is 0.486 e. The molecule has 0 N–H and O–H groups in total. The molecule has 2 fully saturated rings. The predicted molar refractivity (Wildman–Crippen MR) is 54.1 cm³/mol. The van der Waals surface area contributed by atoms with Crippen molar-refractivity contribution in [2.24, 2.45) is 0 Å². The van der Waals surface area contributed by atoms with Gasteiger partial charge in [-0.2, -0.15) is 0 Å². The Hall–Kier alpha value is -1.32. The van der Waals surface area contributed by atoms with Crippen LogP contribution in [-0.2, 0) is 14.3 Å². The lowest BCUT2D eigenvalue weighted by Crippen LogP contribution is -2.38. The van der Waals surface area contributed by atoms with Gasteiger partial charge in [-0.15, -0.1) is 0 Å². The second-order valence-corrected chi connectivity index (χ2v) is 4.05. The molecule has 15 heavy (non-hydrogen) atoms. The number of ether oxygens (including phenoxy) is 1. The molecule has 4 heteroatoms. The number of carbonyl (C=O) groups excluding carboxylic acids is 2. The first-order chi connectivity index (χ1) is 7.18. The van der Waals surface area contributed by atoms with Gasteiger partial charge in [0.1, 0.15) is 12.4 Å². The van der Waals surface area contributed by atoms with Crippen molar-refractivity contribution in [1.29, 1.82) is 0 Å². The molecule has 1 heterocycles. The standard InChI is InChI=1S/C11H15NO3/c1-12-6-7-15-10(11(12)14)8-2-4-9(13)5-3-8/h2-7H2,1H3. The van der Waals surface area contributed by atoms with Crippen LogP contribution in [0, 0.1) is 0 Å². The van der Waals surface area contributed by atoms with Crippen molar-refractivity contribution in [2.75, 3.05) is 20.2 Å². The van der Waals surface area contributed by atoms with Crippen molar-refractivity contribution in [2.45, 2.75) is 25.7 Å². The van der Waals surface area contributed by atoms with E-state index in [-0.39, 0.29) is 11.7 Å². The lowest BCUT2D eigenvalue weighted by Gasteiger charge is -2.28. The number of hydrogen-bond acceptors (Lipinski definition) is 3. The van der Waals surface area contributed by atoms with Crippen LogP contribution in [0.1, 0.15) is 25.7 Å². The van der Waals surface area contributed by atoms with Gasteiger partial charge in [0.25, 0.3) is 5.91 Å². The number of ketones is 1. The van der Waals surface area contributed by atoms with Crippen LogP contribution in [0.15, 0.2) is 11.3 Å². The van der Waals surface area contributed by atoms with Gasteiger partial charge < -0.3 is 9.64 Å². The lowest BCUT2D eigenvalue weighted by molar-refractivity contribution is -0.134. The van der Waals surface area contributed by atoms with Crippen LogP contribution >= 0.6 is 0 Å². The highest BCUT2D eigenvalue weighted by atomic mass is 16.5. The SMILES string of the molecule is CN1CCOC(=C2CCC(=O)CC2)C1=O. The third-order valence-corrected chi connectivity index (χ3v) is 2.95. The van der Waals surface area contributed by atoms with E-state index in [1.54, 1.807) is 11.9 Å². The van der Waals surface area contributed by atoms with Gasteiger partial charge in [-0.05, 0) is 18.4 Å². The highest BCUT2D eigenvalue weighted by Gasteiger charge is 2.27. The number of rotatable bonds is 0. The van der Waals surface area contributed by atoms with E-state index in [1.807, 2.05) is 0 Å². The molecule has 1 saturated heterocycles. The Morgan fingerprint density at radius 1 is 1.13 bits per heavy atom. The molecule has 0 radical (unpaired) electrons. The number of morpholine rings is 1. The van der Waals surface area contributed by atoms with Crippen molar-refractivity contribution >= 4 is 11.7 Å². The van der Waals surface area contributed by atoms with Crippen molar-refractivity contribution < 1.29 is 14.3 Å². The first-order valence-corrected chi connectivity index (χ1v) is 5.30. The molecule has 0 aromatic rings. The number of hydrogen-bond donors (Lipinski definition) is 0. The zero-order valence-electron chi connectivity index (χ0n) is 8.91. The third kappa shape index (κ3) is 2.03. The molecule has 1 saturated carbocycles. The molecule has 0 bridgehead atoms. The van der Waals surface area contributed by atoms with Crippen LogP contribution in [0.4, 0.5) is 0 Å². The molecule has 1 aliphatic carbocycles. The summed E-state index contributed by atoms with van der Waals surface area (Å²) >= 11 is 0. The number of allylic oxidation sites excluding steroid dienone is 1. The monoisotopic (exact) mass is 209 g/mol. The molecule has 0 spiro atoms. The van der Waals surface area contributed by atoms with Gasteiger partial charge in [0, 0.05) is 19.9 Å². The van der Waals surface area contributed by atoms with Crippen LogP contribution in [0.2, 0.25) is 0 Å². The summed E-state index contributed by atoms with van der Waals surface area (Å²) in [6, 6.07) is 0. The molecular formula is C11H15NO3. The van der Waals surface area contributed by atoms with Crippen molar-refractivity contribution in [1.82, 2.24) is 4.90 Å². The summed E-state index contributed by atoms with van der Waals surface area (Å²) in [5, 5.41) is 0. The minimum atomic E-state index is -0.0365. The Morgan fingerprint density at radius 3 is 2.47 bits per heavy atom. The maximum absolute atomic E-state index is 11.8. The van der Waals surface area contributed by atoms with Gasteiger partial charge in [0.15, 0.2) is 5.76 Å². The Balaban J connectivity index is 2.16. The molecule has 1 aliphatic heterocycles. The topological polar surface area (TPSA) is 46.6 Å². The van der Waals surface area contributed by atoms with E-state index in [9.17, 15) is 9.59 Å². The molecular weight excluding hydrogens is 194 g/mol. The molecule has 0 atom stereocenters. The van der Waals surface area contributed by atoms with Crippen molar-refractivity contribution in [3.8, 4) is 0 Å². The quantitative estimate of drug-likeness (QED) is 0.556. The highest BCUT2D eigenvalue weighted by Crippen LogP contribution is 2.26. The fourth-order valence-electron chi connectivity index (χ4n) is 1.93. The summed E-state index contributed by atoms with van der Waals surface area (Å²) in [6.45, 7) is 1.21. The van der Waals surface area contributed by atoms with E-state index in [1.165, 1.54) is 0 Å². The smallest absolute Gasteiger partial charge is 0.288 e. The molecule has 0 aromatic heterocycles. The first-order valence-electron chi connectivity index (χ1n) is 5.30. The second kappa shape index (κ2) is 4.04. The highest BCUT2D eigenvalue weighted by molar-refractivity contribution is 5.93. The van der Waals surface area contributed by atoms with E-state index in [0.717, 1.165) is 5.57 Å². The summed E-state index contributed by atoms with van der Waals surface area (Å²) in [5.74, 6) is 0.748. The molecule has 82 valence electrons. The second-order valence-electron chi connectivity index (χ2n) is 4.05. The third-order valence-electron chi connectivity index (χ3n) is 2.95. The molecule has 0 unspecified atom stereocenters. The summed E-state index contributed by atoms with van der Waals surface area (Å²) in [5.41, 5.74) is 1.02. The summed E-state index contributed by atoms with van der Waals surface area (Å²) in [6.07, 6.45) is 2.49. The molecule has 2 rings (SSSR count). The number of nitrogens with zero attached hydrogens (tertiary/aromatic N) is 1. The molecule has 0 aromatic carbocycles. The van der Waals surface area contributed by atoms with Gasteiger partial charge in [0.05, 0.1) is 6.54 Å². The summed E-state index contributed by atoms with van der Waals surface area (Å²) in [7, 11) is 1.78. The Kier molecular flexibility index (Phi) is 2.75. The van der Waals surface area contributed by atoms with Crippen LogP contribution in [0.25, 0.3) is 0 Å². The average molecular weight is 209 g/mol. The zero-order valence-corrected chi connectivity index (χ0v) is 8.91. The van der Waals surface area contributed by atoms with Crippen LogP contribution in [0.5, 0.6) is 0 Å². The summed E-state index contributed by atoms with van der Waals surface area (Å²) in [4.78, 5) is 24.5. The van der Waals surface area contributed by atoms with E-state index in [2.05, 4.69) is 0 Å². The lowest BCUT2D eigenvalue weighted by atomic mass is 9.92. The van der Waals surface area contributed by atoms with Gasteiger partial charge in [-0.1, -0.05) is 0 Å². The Bertz CT molecular complexity index is 321. The molecule has 1 amide bonds. The van der Waals surface area contributed by atoms with Gasteiger partial charge in [0.2, 0.25) is 0 Å². The van der Waals surface area contributed by atoms with E-state index in [4.69, 9.17) is 4.74 Å². The average Bonchev–Trinajstić information content (AvgIpc) is 2.24. The molecule has 4 nitrogen and oxygen atoms in total. The fourth-order valence-corrected chi connectivity index (χ4v) is 1.93. The molecule has 2 aliphatic rings. The van der Waals surface area contributed by atoms with Gasteiger partial charge in [-0.25, -0.2) is 0 Å². The van der Waals surface area contributed by atoms with E-state index in [0.29, 0.717) is 44.6 Å². The predicted octanol–water partition coefficient (Wildman–Crippen LogP) is 0.872. The first kappa shape index (κ1) is 10.2. The van der Waals surface area contributed by atoms with E-state index >= 15 is 0 Å². The fraction of sp³-hybridized carbons (Fsp3) is 0.636. The maximum Gasteiger partial charge on any atom is 0.288 e. The van der Waals surface area contributed by atoms with Crippen LogP contribution < -0.4 is 0 Å². The minimum Gasteiger partial charge on any atom is -0.486 e. The van der Waals surface area contributed by atoms with E-state index < -0.39 is 0 Å². The van der Waals surface area contributed by atoms with Crippen LogP contribution in [-0.4, -0.2) is 36.8 Å². The number of Topliss-reactive ketones (excluding diaryl/α,β-unsaturated/α-hetero) is 1. The summed E-state index contributed by atoms with van der Waals surface area (Å²) < 4.78 is 5.41. The number of amides is 1. The van der Waals surface area contributed by atoms with Crippen molar-refractivity contribution in [3.63, 3.8) is 0 Å². The minimum absolute atomic E-state index is 0.0365. The Morgan fingerprint density at radius 2 is 1.80 bits per heavy atom. The Labute approximate surface area is 88.9 Å². The van der Waals surface area contributed by atoms with Crippen molar-refractivity contribution in [3.05, 3.63) is 11.3 Å². The maximum atomic E-state index is 11.8. The number of likely N-dealkylation sites (N-methyl/N-ethyl adjacent to an activating group) is 1. The normalized spacial score (nSPS) is 23.1. The van der Waals surface area contributed by atoms with Crippen LogP contribution in [0.3, 0.4) is 0 Å². The van der Waals surface area contributed by atoms with Gasteiger partial charge in [-0.3, -0.25) is 9.59 Å².